The lowest BCUT2D eigenvalue weighted by atomic mass is 10.2. The Morgan fingerprint density at radius 3 is 2.96 bits per heavy atom. The third kappa shape index (κ3) is 3.15. The van der Waals surface area contributed by atoms with Gasteiger partial charge in [-0.2, -0.15) is 0 Å². The Kier molecular flexibility index (Phi) is 4.56. The fourth-order valence-electron chi connectivity index (χ4n) is 2.96. The van der Waals surface area contributed by atoms with Crippen molar-refractivity contribution < 1.29 is 9.59 Å². The number of hydrogen-bond donors (Lipinski definition) is 1. The van der Waals surface area contributed by atoms with E-state index in [0.29, 0.717) is 22.0 Å². The molecule has 0 atom stereocenters. The number of thiophene rings is 2. The summed E-state index contributed by atoms with van der Waals surface area (Å²) in [5.41, 5.74) is 0.489. The zero-order valence-corrected chi connectivity index (χ0v) is 15.8. The summed E-state index contributed by atoms with van der Waals surface area (Å²) >= 11 is 2.71. The lowest BCUT2D eigenvalue weighted by Gasteiger charge is -2.17. The van der Waals surface area contributed by atoms with Crippen molar-refractivity contribution in [3.63, 3.8) is 0 Å². The maximum absolute atomic E-state index is 12.8. The molecule has 0 fully saturated rings. The van der Waals surface area contributed by atoms with Gasteiger partial charge in [0.15, 0.2) is 5.82 Å². The summed E-state index contributed by atoms with van der Waals surface area (Å²) in [6, 6.07) is 5.32. The number of anilines is 1. The highest BCUT2D eigenvalue weighted by atomic mass is 32.1. The van der Waals surface area contributed by atoms with Crippen LogP contribution >= 0.6 is 22.7 Å². The van der Waals surface area contributed by atoms with Crippen LogP contribution in [0.2, 0.25) is 0 Å². The maximum Gasteiger partial charge on any atom is 0.266 e. The highest BCUT2D eigenvalue weighted by Crippen LogP contribution is 2.26. The Labute approximate surface area is 158 Å². The zero-order valence-electron chi connectivity index (χ0n) is 14.1. The molecule has 26 heavy (non-hydrogen) atoms. The molecule has 9 heteroatoms. The van der Waals surface area contributed by atoms with E-state index in [4.69, 9.17) is 0 Å². The molecular weight excluding hydrogens is 370 g/mol. The van der Waals surface area contributed by atoms with Crippen LogP contribution in [0.15, 0.2) is 29.0 Å². The first-order valence-electron chi connectivity index (χ1n) is 8.22. The summed E-state index contributed by atoms with van der Waals surface area (Å²) < 4.78 is 2.08. The molecule has 0 saturated carbocycles. The monoisotopic (exact) mass is 387 g/mol. The van der Waals surface area contributed by atoms with Crippen LogP contribution in [-0.2, 0) is 19.5 Å². The van der Waals surface area contributed by atoms with Gasteiger partial charge in [0.1, 0.15) is 10.8 Å². The van der Waals surface area contributed by atoms with Gasteiger partial charge in [-0.25, -0.2) is 0 Å². The van der Waals surface area contributed by atoms with Crippen molar-refractivity contribution in [2.24, 2.45) is 0 Å². The van der Waals surface area contributed by atoms with E-state index >= 15 is 0 Å². The van der Waals surface area contributed by atoms with Gasteiger partial charge >= 0.3 is 0 Å². The van der Waals surface area contributed by atoms with Gasteiger partial charge in [0.05, 0.1) is 17.0 Å². The maximum atomic E-state index is 12.8. The van der Waals surface area contributed by atoms with Crippen molar-refractivity contribution in [1.29, 1.82) is 0 Å². The number of nitrogens with one attached hydrogen (secondary N) is 1. The summed E-state index contributed by atoms with van der Waals surface area (Å²) in [7, 11) is 1.74. The van der Waals surface area contributed by atoms with E-state index in [2.05, 4.69) is 20.1 Å². The number of fused-ring (bicyclic) bond motifs is 1. The Morgan fingerprint density at radius 2 is 2.15 bits per heavy atom. The average Bonchev–Trinajstić information content (AvgIpc) is 3.40. The Balaban J connectivity index is 1.48. The van der Waals surface area contributed by atoms with E-state index in [0.717, 1.165) is 31.0 Å². The van der Waals surface area contributed by atoms with E-state index in [1.807, 2.05) is 11.4 Å². The molecule has 2 amide bonds. The van der Waals surface area contributed by atoms with Crippen molar-refractivity contribution in [2.45, 2.75) is 25.9 Å². The third-order valence-electron chi connectivity index (χ3n) is 4.28. The molecule has 1 aliphatic rings. The molecule has 0 radical (unpaired) electrons. The predicted octanol–water partition coefficient (Wildman–Crippen LogP) is 2.87. The summed E-state index contributed by atoms with van der Waals surface area (Å²) in [5, 5.41) is 15.4. The lowest BCUT2D eigenvalue weighted by molar-refractivity contribution is 0.0781. The van der Waals surface area contributed by atoms with Crippen molar-refractivity contribution in [1.82, 2.24) is 19.7 Å². The first kappa shape index (κ1) is 16.9. The van der Waals surface area contributed by atoms with Crippen molar-refractivity contribution >= 4 is 39.5 Å². The van der Waals surface area contributed by atoms with Crippen LogP contribution in [0.5, 0.6) is 0 Å². The van der Waals surface area contributed by atoms with E-state index in [1.165, 1.54) is 22.7 Å². The predicted molar refractivity (Wildman–Crippen MR) is 101 cm³/mol. The molecule has 1 N–H and O–H groups in total. The number of rotatable bonds is 5. The molecular formula is C17H17N5O2S2. The molecule has 4 rings (SSSR count). The van der Waals surface area contributed by atoms with Gasteiger partial charge in [0.25, 0.3) is 11.8 Å². The average molecular weight is 387 g/mol. The quantitative estimate of drug-likeness (QED) is 0.730. The topological polar surface area (TPSA) is 80.1 Å². The fraction of sp³-hybridized carbons (Fsp3) is 0.294. The molecule has 3 aromatic rings. The van der Waals surface area contributed by atoms with Crippen molar-refractivity contribution in [3.8, 4) is 0 Å². The van der Waals surface area contributed by atoms with E-state index < -0.39 is 0 Å². The van der Waals surface area contributed by atoms with Gasteiger partial charge < -0.3 is 14.8 Å². The van der Waals surface area contributed by atoms with Gasteiger partial charge in [0, 0.05) is 20.0 Å². The van der Waals surface area contributed by atoms with Gasteiger partial charge in [-0.15, -0.1) is 32.9 Å². The second kappa shape index (κ2) is 7.00. The summed E-state index contributed by atoms with van der Waals surface area (Å²) in [6.45, 7) is 1.29. The second-order valence-electron chi connectivity index (χ2n) is 6.04. The minimum absolute atomic E-state index is 0.150. The Bertz CT molecular complexity index is 944. The van der Waals surface area contributed by atoms with Gasteiger partial charge in [0.2, 0.25) is 0 Å². The Hall–Kier alpha value is -2.52. The molecule has 134 valence electrons. The number of hydrogen-bond acceptors (Lipinski definition) is 6. The highest BCUT2D eigenvalue weighted by Gasteiger charge is 2.23. The number of aromatic nitrogens is 3. The minimum Gasteiger partial charge on any atom is -0.334 e. The summed E-state index contributed by atoms with van der Waals surface area (Å²) in [6.07, 6.45) is 2.01. The molecule has 0 aliphatic carbocycles. The summed E-state index contributed by atoms with van der Waals surface area (Å²) in [4.78, 5) is 27.3. The molecule has 0 saturated heterocycles. The van der Waals surface area contributed by atoms with Crippen molar-refractivity contribution in [3.05, 3.63) is 51.0 Å². The first-order chi connectivity index (χ1) is 12.6. The molecule has 7 nitrogen and oxygen atoms in total. The molecule has 0 spiro atoms. The normalized spacial score (nSPS) is 12.8. The van der Waals surface area contributed by atoms with Crippen LogP contribution in [0, 0.1) is 0 Å². The largest absolute Gasteiger partial charge is 0.334 e. The smallest absolute Gasteiger partial charge is 0.266 e. The first-order valence-corrected chi connectivity index (χ1v) is 9.98. The number of amides is 2. The number of carbonyl (C=O) groups excluding carboxylic acids is 2. The van der Waals surface area contributed by atoms with Gasteiger partial charge in [-0.1, -0.05) is 6.07 Å². The number of carbonyl (C=O) groups is 2. The van der Waals surface area contributed by atoms with E-state index in [1.54, 1.807) is 29.5 Å². The van der Waals surface area contributed by atoms with E-state index in [-0.39, 0.29) is 11.8 Å². The van der Waals surface area contributed by atoms with E-state index in [9.17, 15) is 9.59 Å². The van der Waals surface area contributed by atoms with Crippen LogP contribution in [0.25, 0.3) is 0 Å². The van der Waals surface area contributed by atoms with Gasteiger partial charge in [-0.3, -0.25) is 9.59 Å². The van der Waals surface area contributed by atoms with Crippen LogP contribution in [0.1, 0.15) is 38.1 Å². The molecule has 1 aliphatic heterocycles. The van der Waals surface area contributed by atoms with Gasteiger partial charge in [-0.05, 0) is 29.3 Å². The van der Waals surface area contributed by atoms with Crippen LogP contribution < -0.4 is 5.32 Å². The number of nitrogens with zero attached hydrogens (tertiary/aromatic N) is 4. The van der Waals surface area contributed by atoms with Crippen LogP contribution in [-0.4, -0.2) is 38.5 Å². The minimum atomic E-state index is -0.200. The zero-order chi connectivity index (χ0) is 18.1. The van der Waals surface area contributed by atoms with Crippen molar-refractivity contribution in [2.75, 3.05) is 12.4 Å². The molecule has 0 aromatic carbocycles. The molecule has 0 bridgehead atoms. The van der Waals surface area contributed by atoms with Crippen LogP contribution in [0.3, 0.4) is 0 Å². The highest BCUT2D eigenvalue weighted by molar-refractivity contribution is 7.15. The third-order valence-corrected chi connectivity index (χ3v) is 5.98. The molecule has 0 unspecified atom stereocenters. The number of aryl methyl sites for hydroxylation is 1. The molecule has 3 aromatic heterocycles. The van der Waals surface area contributed by atoms with Crippen LogP contribution in [0.4, 0.5) is 5.00 Å². The molecule has 4 heterocycles. The lowest BCUT2D eigenvalue weighted by Crippen LogP contribution is -2.28. The Morgan fingerprint density at radius 1 is 1.27 bits per heavy atom. The standard InChI is InChI=1S/C17H17N5O2S2/c1-21(10-14-20-19-13-5-2-7-22(13)14)17(24)11-6-9-26-16(11)18-15(23)12-4-3-8-25-12/h3-4,6,8-9H,2,5,7,10H2,1H3,(H,18,23). The fourth-order valence-corrected chi connectivity index (χ4v) is 4.36. The second-order valence-corrected chi connectivity index (χ2v) is 7.91. The SMILES string of the molecule is CN(Cc1nnc2n1CCC2)C(=O)c1ccsc1NC(=O)c1cccs1. The summed E-state index contributed by atoms with van der Waals surface area (Å²) in [5.74, 6) is 1.44.